The molecule has 94 valence electrons. The van der Waals surface area contributed by atoms with Crippen molar-refractivity contribution in [3.05, 3.63) is 59.9 Å². The summed E-state index contributed by atoms with van der Waals surface area (Å²) in [4.78, 5) is 11.3. The molecule has 0 aliphatic rings. The molecule has 1 heterocycles. The Morgan fingerprint density at radius 3 is 2.32 bits per heavy atom. The van der Waals surface area contributed by atoms with E-state index in [0.717, 1.165) is 16.5 Å². The first kappa shape index (κ1) is 11.5. The number of carboxylic acids is 1. The first-order chi connectivity index (χ1) is 9.18. The predicted octanol–water partition coefficient (Wildman–Crippen LogP) is 4.11. The van der Waals surface area contributed by atoms with Crippen LogP contribution in [0, 0.1) is 6.92 Å². The van der Waals surface area contributed by atoms with Crippen molar-refractivity contribution in [2.75, 3.05) is 0 Å². The van der Waals surface area contributed by atoms with Gasteiger partial charge in [0.25, 0.3) is 0 Å². The fourth-order valence-corrected chi connectivity index (χ4v) is 2.28. The molecule has 0 unspecified atom stereocenters. The molecule has 0 spiro atoms. The van der Waals surface area contributed by atoms with Crippen LogP contribution in [0.1, 0.15) is 16.1 Å². The Bertz CT molecular complexity index is 769. The fraction of sp³-hybridized carbons (Fsp3) is 0.0625. The Morgan fingerprint density at radius 1 is 1.00 bits per heavy atom. The minimum Gasteiger partial charge on any atom is -0.475 e. The second-order valence-electron chi connectivity index (χ2n) is 4.43. The number of fused-ring (bicyclic) bond motifs is 1. The molecule has 0 saturated carbocycles. The summed E-state index contributed by atoms with van der Waals surface area (Å²) in [6.07, 6.45) is 0. The SMILES string of the molecule is Cc1ccccc1-c1oc(C(=O)O)c2ccccc12. The lowest BCUT2D eigenvalue weighted by atomic mass is 10.0. The van der Waals surface area contributed by atoms with E-state index in [9.17, 15) is 9.90 Å². The van der Waals surface area contributed by atoms with Crippen LogP contribution in [0.15, 0.2) is 52.9 Å². The number of aryl methyl sites for hydroxylation is 1. The highest BCUT2D eigenvalue weighted by Crippen LogP contribution is 2.35. The number of aromatic carboxylic acids is 1. The van der Waals surface area contributed by atoms with Crippen LogP contribution in [0.2, 0.25) is 0 Å². The van der Waals surface area contributed by atoms with Gasteiger partial charge in [0.05, 0.1) is 0 Å². The van der Waals surface area contributed by atoms with Crippen molar-refractivity contribution in [3.63, 3.8) is 0 Å². The molecule has 3 rings (SSSR count). The molecule has 3 nitrogen and oxygen atoms in total. The highest BCUT2D eigenvalue weighted by atomic mass is 16.4. The van der Waals surface area contributed by atoms with Gasteiger partial charge in [-0.3, -0.25) is 0 Å². The molecule has 2 aromatic carbocycles. The van der Waals surface area contributed by atoms with E-state index in [0.29, 0.717) is 11.1 Å². The molecular weight excluding hydrogens is 240 g/mol. The van der Waals surface area contributed by atoms with E-state index in [4.69, 9.17) is 4.42 Å². The Balaban J connectivity index is 2.37. The molecule has 0 radical (unpaired) electrons. The smallest absolute Gasteiger partial charge is 0.372 e. The van der Waals surface area contributed by atoms with Gasteiger partial charge in [-0.1, -0.05) is 48.5 Å². The number of furan rings is 1. The summed E-state index contributed by atoms with van der Waals surface area (Å²) in [5.74, 6) is -0.434. The highest BCUT2D eigenvalue weighted by Gasteiger charge is 2.19. The molecule has 0 amide bonds. The molecule has 0 aliphatic heterocycles. The van der Waals surface area contributed by atoms with Gasteiger partial charge < -0.3 is 9.52 Å². The van der Waals surface area contributed by atoms with E-state index < -0.39 is 5.97 Å². The van der Waals surface area contributed by atoms with Crippen LogP contribution < -0.4 is 0 Å². The van der Waals surface area contributed by atoms with Gasteiger partial charge in [0, 0.05) is 16.3 Å². The molecule has 0 saturated heterocycles. The number of carbonyl (C=O) groups is 1. The zero-order valence-corrected chi connectivity index (χ0v) is 10.4. The van der Waals surface area contributed by atoms with Crippen LogP contribution in [0.5, 0.6) is 0 Å². The Morgan fingerprint density at radius 2 is 1.63 bits per heavy atom. The average Bonchev–Trinajstić information content (AvgIpc) is 2.79. The second kappa shape index (κ2) is 4.28. The molecule has 3 heteroatoms. The number of carboxylic acid groups (broad SMARTS) is 1. The Kier molecular flexibility index (Phi) is 2.60. The van der Waals surface area contributed by atoms with Crippen LogP contribution in [-0.2, 0) is 0 Å². The van der Waals surface area contributed by atoms with Crippen molar-refractivity contribution in [1.29, 1.82) is 0 Å². The van der Waals surface area contributed by atoms with Gasteiger partial charge in [-0.15, -0.1) is 0 Å². The van der Waals surface area contributed by atoms with Gasteiger partial charge in [-0.25, -0.2) is 4.79 Å². The third kappa shape index (κ3) is 1.80. The molecular formula is C16H12O3. The predicted molar refractivity (Wildman–Crippen MR) is 73.3 cm³/mol. The molecule has 0 aliphatic carbocycles. The number of hydrogen-bond acceptors (Lipinski definition) is 2. The van der Waals surface area contributed by atoms with E-state index in [1.54, 1.807) is 6.07 Å². The lowest BCUT2D eigenvalue weighted by Crippen LogP contribution is -1.93. The van der Waals surface area contributed by atoms with Crippen LogP contribution in [0.3, 0.4) is 0 Å². The number of benzene rings is 2. The molecule has 3 aromatic rings. The minimum atomic E-state index is -1.05. The number of hydrogen-bond donors (Lipinski definition) is 1. The van der Waals surface area contributed by atoms with Gasteiger partial charge >= 0.3 is 5.97 Å². The number of rotatable bonds is 2. The molecule has 1 N–H and O–H groups in total. The van der Waals surface area contributed by atoms with Crippen molar-refractivity contribution < 1.29 is 14.3 Å². The topological polar surface area (TPSA) is 50.4 Å². The summed E-state index contributed by atoms with van der Waals surface area (Å²) in [5, 5.41) is 10.7. The maximum Gasteiger partial charge on any atom is 0.372 e. The van der Waals surface area contributed by atoms with Gasteiger partial charge in [0.2, 0.25) is 5.76 Å². The van der Waals surface area contributed by atoms with Crippen molar-refractivity contribution in [2.24, 2.45) is 0 Å². The lowest BCUT2D eigenvalue weighted by Gasteiger charge is -2.02. The standard InChI is InChI=1S/C16H12O3/c1-10-6-2-3-7-11(10)14-12-8-4-5-9-13(12)15(19-14)16(17)18/h2-9H,1H3,(H,17,18). The summed E-state index contributed by atoms with van der Waals surface area (Å²) in [6.45, 7) is 1.98. The van der Waals surface area contributed by atoms with Gasteiger partial charge in [-0.05, 0) is 12.5 Å². The normalized spacial score (nSPS) is 10.8. The largest absolute Gasteiger partial charge is 0.475 e. The summed E-state index contributed by atoms with van der Waals surface area (Å²) >= 11 is 0. The maximum atomic E-state index is 11.3. The van der Waals surface area contributed by atoms with E-state index in [2.05, 4.69) is 0 Å². The molecule has 0 bridgehead atoms. The molecule has 0 atom stereocenters. The highest BCUT2D eigenvalue weighted by molar-refractivity contribution is 6.06. The minimum absolute atomic E-state index is 0.00569. The Hall–Kier alpha value is -2.55. The van der Waals surface area contributed by atoms with Crippen molar-refractivity contribution >= 4 is 16.7 Å². The van der Waals surface area contributed by atoms with Crippen LogP contribution in [-0.4, -0.2) is 11.1 Å². The van der Waals surface area contributed by atoms with Crippen molar-refractivity contribution in [3.8, 4) is 11.3 Å². The van der Waals surface area contributed by atoms with E-state index >= 15 is 0 Å². The van der Waals surface area contributed by atoms with Crippen molar-refractivity contribution in [1.82, 2.24) is 0 Å². The van der Waals surface area contributed by atoms with Gasteiger partial charge in [0.1, 0.15) is 5.76 Å². The molecule has 1 aromatic heterocycles. The zero-order chi connectivity index (χ0) is 13.4. The summed E-state index contributed by atoms with van der Waals surface area (Å²) < 4.78 is 5.59. The molecule has 19 heavy (non-hydrogen) atoms. The average molecular weight is 252 g/mol. The van der Waals surface area contributed by atoms with Crippen LogP contribution in [0.4, 0.5) is 0 Å². The van der Waals surface area contributed by atoms with Gasteiger partial charge in [-0.2, -0.15) is 0 Å². The monoisotopic (exact) mass is 252 g/mol. The van der Waals surface area contributed by atoms with Crippen LogP contribution in [0.25, 0.3) is 22.1 Å². The fourth-order valence-electron chi connectivity index (χ4n) is 2.28. The molecule has 0 fully saturated rings. The van der Waals surface area contributed by atoms with Crippen molar-refractivity contribution in [2.45, 2.75) is 6.92 Å². The Labute approximate surface area is 110 Å². The zero-order valence-electron chi connectivity index (χ0n) is 10.4. The first-order valence-electron chi connectivity index (χ1n) is 5.99. The summed E-state index contributed by atoms with van der Waals surface area (Å²) in [6, 6.07) is 15.1. The quantitative estimate of drug-likeness (QED) is 0.746. The lowest BCUT2D eigenvalue weighted by molar-refractivity contribution is 0.0666. The third-order valence-corrected chi connectivity index (χ3v) is 3.20. The van der Waals surface area contributed by atoms with E-state index in [-0.39, 0.29) is 5.76 Å². The van der Waals surface area contributed by atoms with E-state index in [1.165, 1.54) is 0 Å². The van der Waals surface area contributed by atoms with Crippen LogP contribution >= 0.6 is 0 Å². The summed E-state index contributed by atoms with van der Waals surface area (Å²) in [7, 11) is 0. The van der Waals surface area contributed by atoms with E-state index in [1.807, 2.05) is 49.4 Å². The summed E-state index contributed by atoms with van der Waals surface area (Å²) in [5.41, 5.74) is 1.98. The first-order valence-corrected chi connectivity index (χ1v) is 5.99. The second-order valence-corrected chi connectivity index (χ2v) is 4.43. The van der Waals surface area contributed by atoms with Gasteiger partial charge in [0.15, 0.2) is 0 Å². The third-order valence-electron chi connectivity index (χ3n) is 3.20. The maximum absolute atomic E-state index is 11.3.